The first-order valence-corrected chi connectivity index (χ1v) is 7.45. The zero-order chi connectivity index (χ0) is 13.1. The van der Waals surface area contributed by atoms with Gasteiger partial charge in [-0.1, -0.05) is 41.5 Å². The Bertz CT molecular complexity index is 216. The molecule has 1 saturated heterocycles. The van der Waals surface area contributed by atoms with E-state index < -0.39 is 0 Å². The van der Waals surface area contributed by atoms with Crippen molar-refractivity contribution in [3.05, 3.63) is 0 Å². The molecule has 102 valence electrons. The normalized spacial score (nSPS) is 22.1. The summed E-state index contributed by atoms with van der Waals surface area (Å²) in [5.74, 6) is 0.833. The molecule has 0 aromatic rings. The van der Waals surface area contributed by atoms with Crippen LogP contribution in [0.2, 0.25) is 0 Å². The standard InChI is InChI=1S/C16H33N/c1-14(2)16(6)9-12-17(13-10-16)11-7-8-15(3,4)5/h14H,7-13H2,1-6H3. The van der Waals surface area contributed by atoms with E-state index in [4.69, 9.17) is 0 Å². The Balaban J connectivity index is 2.24. The van der Waals surface area contributed by atoms with Crippen LogP contribution in [0.25, 0.3) is 0 Å². The molecule has 0 atom stereocenters. The molecule has 1 nitrogen and oxygen atoms in total. The maximum absolute atomic E-state index is 2.68. The third-order valence-corrected chi connectivity index (χ3v) is 4.79. The van der Waals surface area contributed by atoms with Crippen LogP contribution in [0.4, 0.5) is 0 Å². The third kappa shape index (κ3) is 4.99. The minimum absolute atomic E-state index is 0.502. The van der Waals surface area contributed by atoms with E-state index in [0.29, 0.717) is 10.8 Å². The van der Waals surface area contributed by atoms with E-state index in [1.54, 1.807) is 0 Å². The fourth-order valence-corrected chi connectivity index (χ4v) is 2.70. The Morgan fingerprint density at radius 2 is 1.65 bits per heavy atom. The predicted octanol–water partition coefficient (Wildman–Crippen LogP) is 4.57. The van der Waals surface area contributed by atoms with Crippen LogP contribution in [-0.2, 0) is 0 Å². The van der Waals surface area contributed by atoms with E-state index in [1.165, 1.54) is 45.3 Å². The smallest absolute Gasteiger partial charge is 0.00134 e. The molecular formula is C16H33N. The average Bonchev–Trinajstić information content (AvgIpc) is 2.19. The molecule has 1 heterocycles. The van der Waals surface area contributed by atoms with Gasteiger partial charge in [0.25, 0.3) is 0 Å². The molecule has 0 aromatic carbocycles. The van der Waals surface area contributed by atoms with Crippen LogP contribution < -0.4 is 0 Å². The Kier molecular flexibility index (Phi) is 5.07. The molecule has 1 aliphatic rings. The molecule has 0 aliphatic carbocycles. The van der Waals surface area contributed by atoms with Crippen LogP contribution in [0.1, 0.15) is 67.2 Å². The van der Waals surface area contributed by atoms with Gasteiger partial charge in [0.2, 0.25) is 0 Å². The van der Waals surface area contributed by atoms with Crippen molar-refractivity contribution in [2.24, 2.45) is 16.7 Å². The van der Waals surface area contributed by atoms with Crippen LogP contribution in [0.15, 0.2) is 0 Å². The van der Waals surface area contributed by atoms with Crippen LogP contribution in [0, 0.1) is 16.7 Å². The van der Waals surface area contributed by atoms with Crippen molar-refractivity contribution in [3.8, 4) is 0 Å². The zero-order valence-electron chi connectivity index (χ0n) is 13.0. The number of hydrogen-bond donors (Lipinski definition) is 0. The predicted molar refractivity (Wildman–Crippen MR) is 77.3 cm³/mol. The second-order valence-electron chi connectivity index (χ2n) is 7.81. The monoisotopic (exact) mass is 239 g/mol. The van der Waals surface area contributed by atoms with Gasteiger partial charge in [-0.2, -0.15) is 0 Å². The highest BCUT2D eigenvalue weighted by atomic mass is 15.1. The van der Waals surface area contributed by atoms with Crippen molar-refractivity contribution in [1.29, 1.82) is 0 Å². The van der Waals surface area contributed by atoms with Gasteiger partial charge >= 0.3 is 0 Å². The van der Waals surface area contributed by atoms with Gasteiger partial charge in [0.05, 0.1) is 0 Å². The lowest BCUT2D eigenvalue weighted by molar-refractivity contribution is 0.0758. The summed E-state index contributed by atoms with van der Waals surface area (Å²) in [4.78, 5) is 2.68. The van der Waals surface area contributed by atoms with Crippen molar-refractivity contribution >= 4 is 0 Å². The summed E-state index contributed by atoms with van der Waals surface area (Å²) in [6.07, 6.45) is 5.49. The molecular weight excluding hydrogens is 206 g/mol. The van der Waals surface area contributed by atoms with E-state index in [1.807, 2.05) is 0 Å². The number of hydrogen-bond acceptors (Lipinski definition) is 1. The van der Waals surface area contributed by atoms with Gasteiger partial charge in [0.15, 0.2) is 0 Å². The van der Waals surface area contributed by atoms with Gasteiger partial charge in [-0.05, 0) is 62.1 Å². The first-order chi connectivity index (χ1) is 7.73. The van der Waals surface area contributed by atoms with E-state index in [0.717, 1.165) is 5.92 Å². The highest BCUT2D eigenvalue weighted by Crippen LogP contribution is 2.38. The van der Waals surface area contributed by atoms with E-state index in [9.17, 15) is 0 Å². The molecule has 0 amide bonds. The maximum Gasteiger partial charge on any atom is -0.00134 e. The molecule has 1 heteroatoms. The Labute approximate surface area is 109 Å². The van der Waals surface area contributed by atoms with E-state index >= 15 is 0 Å². The van der Waals surface area contributed by atoms with Crippen molar-refractivity contribution in [2.75, 3.05) is 19.6 Å². The molecule has 0 bridgehead atoms. The number of rotatable bonds is 4. The molecule has 0 N–H and O–H groups in total. The summed E-state index contributed by atoms with van der Waals surface area (Å²) in [5.41, 5.74) is 1.10. The van der Waals surface area contributed by atoms with Crippen LogP contribution in [0.3, 0.4) is 0 Å². The molecule has 1 aliphatic heterocycles. The van der Waals surface area contributed by atoms with Gasteiger partial charge in [0, 0.05) is 0 Å². The fourth-order valence-electron chi connectivity index (χ4n) is 2.70. The lowest BCUT2D eigenvalue weighted by Gasteiger charge is -2.42. The SMILES string of the molecule is CC(C)C1(C)CCN(CCCC(C)(C)C)CC1. The van der Waals surface area contributed by atoms with Gasteiger partial charge < -0.3 is 4.90 Å². The summed E-state index contributed by atoms with van der Waals surface area (Å²) in [5, 5.41) is 0. The topological polar surface area (TPSA) is 3.24 Å². The summed E-state index contributed by atoms with van der Waals surface area (Å²) < 4.78 is 0. The Morgan fingerprint density at radius 1 is 1.12 bits per heavy atom. The highest BCUT2D eigenvalue weighted by molar-refractivity contribution is 4.84. The zero-order valence-corrected chi connectivity index (χ0v) is 13.0. The molecule has 0 aromatic heterocycles. The van der Waals surface area contributed by atoms with Crippen molar-refractivity contribution in [3.63, 3.8) is 0 Å². The minimum Gasteiger partial charge on any atom is -0.303 e. The average molecular weight is 239 g/mol. The van der Waals surface area contributed by atoms with Crippen molar-refractivity contribution in [1.82, 2.24) is 4.90 Å². The molecule has 1 fully saturated rings. The lowest BCUT2D eigenvalue weighted by Crippen LogP contribution is -2.41. The fraction of sp³-hybridized carbons (Fsp3) is 1.00. The molecule has 0 saturated carbocycles. The molecule has 0 spiro atoms. The van der Waals surface area contributed by atoms with Gasteiger partial charge in [0.1, 0.15) is 0 Å². The maximum atomic E-state index is 2.68. The number of piperidine rings is 1. The largest absolute Gasteiger partial charge is 0.303 e. The summed E-state index contributed by atoms with van der Waals surface area (Å²) in [6, 6.07) is 0. The summed E-state index contributed by atoms with van der Waals surface area (Å²) in [6.45, 7) is 18.2. The van der Waals surface area contributed by atoms with E-state index in [-0.39, 0.29) is 0 Å². The second kappa shape index (κ2) is 5.73. The second-order valence-corrected chi connectivity index (χ2v) is 7.81. The molecule has 17 heavy (non-hydrogen) atoms. The highest BCUT2D eigenvalue weighted by Gasteiger charge is 2.32. The van der Waals surface area contributed by atoms with Crippen LogP contribution in [-0.4, -0.2) is 24.5 Å². The Morgan fingerprint density at radius 3 is 2.06 bits per heavy atom. The van der Waals surface area contributed by atoms with Crippen molar-refractivity contribution in [2.45, 2.75) is 67.2 Å². The lowest BCUT2D eigenvalue weighted by atomic mass is 9.72. The minimum atomic E-state index is 0.502. The molecule has 0 radical (unpaired) electrons. The molecule has 1 rings (SSSR count). The third-order valence-electron chi connectivity index (χ3n) is 4.79. The van der Waals surface area contributed by atoms with Gasteiger partial charge in [-0.25, -0.2) is 0 Å². The van der Waals surface area contributed by atoms with E-state index in [2.05, 4.69) is 46.4 Å². The summed E-state index contributed by atoms with van der Waals surface area (Å²) in [7, 11) is 0. The Hall–Kier alpha value is -0.0400. The number of nitrogens with zero attached hydrogens (tertiary/aromatic N) is 1. The summed E-state index contributed by atoms with van der Waals surface area (Å²) >= 11 is 0. The van der Waals surface area contributed by atoms with Crippen LogP contribution in [0.5, 0.6) is 0 Å². The first kappa shape index (κ1) is 15.0. The quantitative estimate of drug-likeness (QED) is 0.694. The van der Waals surface area contributed by atoms with Crippen LogP contribution >= 0.6 is 0 Å². The molecule has 0 unspecified atom stereocenters. The number of likely N-dealkylation sites (tertiary alicyclic amines) is 1. The van der Waals surface area contributed by atoms with Gasteiger partial charge in [-0.3, -0.25) is 0 Å². The van der Waals surface area contributed by atoms with Gasteiger partial charge in [-0.15, -0.1) is 0 Å². The van der Waals surface area contributed by atoms with Crippen molar-refractivity contribution < 1.29 is 0 Å². The first-order valence-electron chi connectivity index (χ1n) is 7.45.